The van der Waals surface area contributed by atoms with Crippen molar-refractivity contribution < 1.29 is 28.1 Å². The topological polar surface area (TPSA) is 88.4 Å². The van der Waals surface area contributed by atoms with Crippen LogP contribution >= 0.6 is 11.3 Å². The van der Waals surface area contributed by atoms with E-state index in [0.717, 1.165) is 16.7 Å². The highest BCUT2D eigenvalue weighted by Crippen LogP contribution is 2.32. The summed E-state index contributed by atoms with van der Waals surface area (Å²) in [6.45, 7) is 7.84. The number of nitrogens with zero attached hydrogens (tertiary/aromatic N) is 2. The predicted molar refractivity (Wildman–Crippen MR) is 166 cm³/mol. The fourth-order valence-electron chi connectivity index (χ4n) is 4.86. The average Bonchev–Trinajstić information content (AvgIpc) is 3.30. The molecule has 10 heteroatoms. The monoisotopic (exact) mass is 616 g/mol. The molecule has 1 atom stereocenters. The van der Waals surface area contributed by atoms with Crippen LogP contribution in [0.1, 0.15) is 50.4 Å². The van der Waals surface area contributed by atoms with Gasteiger partial charge in [0.25, 0.3) is 5.56 Å². The first kappa shape index (κ1) is 30.7. The van der Waals surface area contributed by atoms with Crippen LogP contribution in [-0.4, -0.2) is 30.4 Å². The van der Waals surface area contributed by atoms with E-state index in [9.17, 15) is 14.0 Å². The molecule has 0 saturated carbocycles. The zero-order valence-corrected chi connectivity index (χ0v) is 25.9. The zero-order valence-electron chi connectivity index (χ0n) is 25.1. The van der Waals surface area contributed by atoms with Gasteiger partial charge in [-0.1, -0.05) is 41.7 Å². The molecule has 0 fully saturated rings. The number of aromatic nitrogens is 1. The molecule has 3 aromatic carbocycles. The van der Waals surface area contributed by atoms with Crippen molar-refractivity contribution in [2.75, 3.05) is 13.7 Å². The molecule has 0 radical (unpaired) electrons. The van der Waals surface area contributed by atoms with Crippen molar-refractivity contribution in [3.8, 4) is 17.2 Å². The third-order valence-electron chi connectivity index (χ3n) is 6.89. The van der Waals surface area contributed by atoms with E-state index >= 15 is 0 Å². The quantitative estimate of drug-likeness (QED) is 0.225. The Hall–Kier alpha value is -4.70. The highest BCUT2D eigenvalue weighted by atomic mass is 32.1. The summed E-state index contributed by atoms with van der Waals surface area (Å²) in [6, 6.07) is 18.0. The Morgan fingerprint density at radius 2 is 1.77 bits per heavy atom. The Morgan fingerprint density at radius 3 is 2.43 bits per heavy atom. The van der Waals surface area contributed by atoms with Crippen LogP contribution in [0.5, 0.6) is 17.2 Å². The highest BCUT2D eigenvalue weighted by Gasteiger charge is 2.33. The van der Waals surface area contributed by atoms with Gasteiger partial charge in [0, 0.05) is 0 Å². The van der Waals surface area contributed by atoms with Crippen LogP contribution in [0.2, 0.25) is 0 Å². The van der Waals surface area contributed by atoms with Gasteiger partial charge < -0.3 is 18.9 Å². The van der Waals surface area contributed by atoms with Gasteiger partial charge in [-0.3, -0.25) is 9.36 Å². The number of rotatable bonds is 10. The second-order valence-corrected chi connectivity index (χ2v) is 11.4. The molecule has 0 aliphatic carbocycles. The fourth-order valence-corrected chi connectivity index (χ4v) is 5.90. The molecular weight excluding hydrogens is 583 g/mol. The van der Waals surface area contributed by atoms with Crippen LogP contribution in [0, 0.1) is 5.82 Å². The molecule has 2 heterocycles. The molecule has 0 spiro atoms. The minimum atomic E-state index is -0.730. The summed E-state index contributed by atoms with van der Waals surface area (Å²) >= 11 is 1.24. The van der Waals surface area contributed by atoms with Gasteiger partial charge in [-0.15, -0.1) is 0 Å². The lowest BCUT2D eigenvalue weighted by atomic mass is 9.96. The average molecular weight is 617 g/mol. The van der Waals surface area contributed by atoms with Crippen molar-refractivity contribution in [1.82, 2.24) is 4.57 Å². The van der Waals surface area contributed by atoms with Gasteiger partial charge in [0.05, 0.1) is 41.7 Å². The Labute approximate surface area is 258 Å². The molecule has 0 saturated heterocycles. The van der Waals surface area contributed by atoms with Crippen LogP contribution < -0.4 is 29.1 Å². The van der Waals surface area contributed by atoms with Crippen LogP contribution in [0.3, 0.4) is 0 Å². The third kappa shape index (κ3) is 6.60. The molecule has 1 aliphatic rings. The number of hydrogen-bond acceptors (Lipinski definition) is 8. The van der Waals surface area contributed by atoms with Crippen molar-refractivity contribution in [3.63, 3.8) is 0 Å². The molecule has 8 nitrogen and oxygen atoms in total. The highest BCUT2D eigenvalue weighted by molar-refractivity contribution is 7.07. The van der Waals surface area contributed by atoms with Crippen molar-refractivity contribution in [1.29, 1.82) is 0 Å². The molecule has 5 rings (SSSR count). The summed E-state index contributed by atoms with van der Waals surface area (Å²) in [7, 11) is 1.58. The lowest BCUT2D eigenvalue weighted by Gasteiger charge is -2.25. The Kier molecular flexibility index (Phi) is 9.29. The van der Waals surface area contributed by atoms with Gasteiger partial charge in [-0.05, 0) is 86.9 Å². The standard InChI is InChI=1S/C34H33FN2O6S/c1-6-41-28-17-23(9-16-27(28)42-19-22-7-12-25(35)13-8-22)18-29-32(38)37-31(24-10-14-26(40-5)15-11-24)30(33(39)43-20(2)3)21(4)36-34(37)44-29/h7-18,20,31H,6,19H2,1-5H3/b29-18-/t31-/m0/s1. The largest absolute Gasteiger partial charge is 0.497 e. The van der Waals surface area contributed by atoms with Crippen LogP contribution in [0.25, 0.3) is 6.08 Å². The van der Waals surface area contributed by atoms with E-state index in [4.69, 9.17) is 18.9 Å². The lowest BCUT2D eigenvalue weighted by Crippen LogP contribution is -2.40. The molecule has 44 heavy (non-hydrogen) atoms. The summed E-state index contributed by atoms with van der Waals surface area (Å²) in [4.78, 5) is 32.4. The zero-order chi connectivity index (χ0) is 31.4. The fraction of sp³-hybridized carbons (Fsp3) is 0.265. The summed E-state index contributed by atoms with van der Waals surface area (Å²) in [6.07, 6.45) is 1.43. The van der Waals surface area contributed by atoms with E-state index in [1.165, 1.54) is 23.5 Å². The van der Waals surface area contributed by atoms with Gasteiger partial charge in [-0.25, -0.2) is 14.2 Å². The molecule has 0 N–H and O–H groups in total. The van der Waals surface area contributed by atoms with Gasteiger partial charge in [-0.2, -0.15) is 0 Å². The minimum absolute atomic E-state index is 0.241. The summed E-state index contributed by atoms with van der Waals surface area (Å²) in [5.41, 5.74) is 2.78. The second kappa shape index (κ2) is 13.3. The Balaban J connectivity index is 1.55. The molecule has 0 unspecified atom stereocenters. The minimum Gasteiger partial charge on any atom is -0.497 e. The first-order valence-electron chi connectivity index (χ1n) is 14.2. The molecule has 0 amide bonds. The number of halogens is 1. The molecule has 1 aliphatic heterocycles. The van der Waals surface area contributed by atoms with E-state index in [1.54, 1.807) is 74.9 Å². The maximum absolute atomic E-state index is 14.0. The van der Waals surface area contributed by atoms with Crippen LogP contribution in [0.15, 0.2) is 87.8 Å². The molecule has 4 aromatic rings. The number of thiazole rings is 1. The van der Waals surface area contributed by atoms with Crippen molar-refractivity contribution >= 4 is 23.4 Å². The normalized spacial score (nSPS) is 14.7. The summed E-state index contributed by atoms with van der Waals surface area (Å²) in [5, 5.41) is 0. The second-order valence-electron chi connectivity index (χ2n) is 10.4. The van der Waals surface area contributed by atoms with E-state index in [2.05, 4.69) is 4.99 Å². The predicted octanol–water partition coefficient (Wildman–Crippen LogP) is 5.31. The summed E-state index contributed by atoms with van der Waals surface area (Å²) < 4.78 is 38.0. The number of allylic oxidation sites excluding steroid dienone is 1. The van der Waals surface area contributed by atoms with Gasteiger partial charge >= 0.3 is 5.97 Å². The first-order valence-corrected chi connectivity index (χ1v) is 15.0. The smallest absolute Gasteiger partial charge is 0.338 e. The molecule has 228 valence electrons. The van der Waals surface area contributed by atoms with E-state index in [1.807, 2.05) is 25.1 Å². The number of carbonyl (C=O) groups is 1. The summed E-state index contributed by atoms with van der Waals surface area (Å²) in [5.74, 6) is 0.868. The number of hydrogen-bond donors (Lipinski definition) is 0. The Morgan fingerprint density at radius 1 is 1.05 bits per heavy atom. The number of methoxy groups -OCH3 is 1. The van der Waals surface area contributed by atoms with Crippen molar-refractivity contribution in [2.45, 2.75) is 46.4 Å². The maximum atomic E-state index is 14.0. The van der Waals surface area contributed by atoms with E-state index in [-0.39, 0.29) is 24.1 Å². The van der Waals surface area contributed by atoms with Gasteiger partial charge in [0.2, 0.25) is 0 Å². The Bertz CT molecular complexity index is 1870. The number of benzene rings is 3. The third-order valence-corrected chi connectivity index (χ3v) is 7.87. The van der Waals surface area contributed by atoms with E-state index in [0.29, 0.717) is 44.5 Å². The van der Waals surface area contributed by atoms with Crippen LogP contribution in [0.4, 0.5) is 4.39 Å². The van der Waals surface area contributed by atoms with Gasteiger partial charge in [0.15, 0.2) is 16.3 Å². The number of fused-ring (bicyclic) bond motifs is 1. The first-order chi connectivity index (χ1) is 21.2. The van der Waals surface area contributed by atoms with Gasteiger partial charge in [0.1, 0.15) is 18.2 Å². The number of ether oxygens (including phenoxy) is 4. The molecular formula is C34H33FN2O6S. The lowest BCUT2D eigenvalue weighted by molar-refractivity contribution is -0.143. The SMILES string of the molecule is CCOc1cc(/C=c2\sc3n(c2=O)[C@@H](c2ccc(OC)cc2)C(C(=O)OC(C)C)=C(C)N=3)ccc1OCc1ccc(F)cc1. The molecule has 0 bridgehead atoms. The van der Waals surface area contributed by atoms with Crippen LogP contribution in [-0.2, 0) is 16.1 Å². The number of carbonyl (C=O) groups excluding carboxylic acids is 1. The maximum Gasteiger partial charge on any atom is 0.338 e. The van der Waals surface area contributed by atoms with E-state index < -0.39 is 12.0 Å². The number of esters is 1. The van der Waals surface area contributed by atoms with Crippen molar-refractivity contribution in [2.24, 2.45) is 4.99 Å². The van der Waals surface area contributed by atoms with Crippen molar-refractivity contribution in [3.05, 3.63) is 120 Å². The molecule has 1 aromatic heterocycles.